The van der Waals surface area contributed by atoms with Gasteiger partial charge in [-0.05, 0) is 16.3 Å². The zero-order valence-electron chi connectivity index (χ0n) is 13.6. The lowest BCUT2D eigenvalue weighted by atomic mass is 10.0. The Morgan fingerprint density at radius 2 is 1.88 bits per heavy atom. The van der Waals surface area contributed by atoms with Gasteiger partial charge in [0.05, 0.1) is 12.5 Å². The van der Waals surface area contributed by atoms with Gasteiger partial charge in [-0.25, -0.2) is 0 Å². The van der Waals surface area contributed by atoms with Crippen molar-refractivity contribution < 1.29 is 19.8 Å². The number of carbonyl (C=O) groups excluding carboxylic acids is 2. The van der Waals surface area contributed by atoms with E-state index in [0.717, 1.165) is 16.3 Å². The van der Waals surface area contributed by atoms with E-state index >= 15 is 0 Å². The molecule has 0 radical (unpaired) electrons. The first kappa shape index (κ1) is 17.9. The molecule has 0 aromatic heterocycles. The number of aliphatic hydroxyl groups is 2. The van der Waals surface area contributed by atoms with Gasteiger partial charge in [-0.1, -0.05) is 42.5 Å². The molecule has 2 aromatic rings. The Balaban J connectivity index is 1.94. The molecular weight excluding hydrogens is 308 g/mol. The molecule has 0 aliphatic carbocycles. The summed E-state index contributed by atoms with van der Waals surface area (Å²) < 4.78 is 0. The van der Waals surface area contributed by atoms with Gasteiger partial charge in [0.25, 0.3) is 0 Å². The third-order valence-corrected chi connectivity index (χ3v) is 3.81. The Bertz CT molecular complexity index is 712. The number of fused-ring (bicyclic) bond motifs is 1. The van der Waals surface area contributed by atoms with Gasteiger partial charge < -0.3 is 20.4 Å². The predicted molar refractivity (Wildman–Crippen MR) is 91.4 cm³/mol. The third kappa shape index (κ3) is 4.78. The number of benzene rings is 2. The molecule has 6 nitrogen and oxygen atoms in total. The van der Waals surface area contributed by atoms with E-state index in [2.05, 4.69) is 5.32 Å². The summed E-state index contributed by atoms with van der Waals surface area (Å²) in [5.74, 6) is -0.669. The molecule has 128 valence electrons. The van der Waals surface area contributed by atoms with E-state index in [9.17, 15) is 14.7 Å². The zero-order chi connectivity index (χ0) is 17.5. The Hall–Kier alpha value is -2.44. The Morgan fingerprint density at radius 3 is 2.62 bits per heavy atom. The molecule has 0 saturated carbocycles. The summed E-state index contributed by atoms with van der Waals surface area (Å²) in [6.45, 7) is -0.525. The summed E-state index contributed by atoms with van der Waals surface area (Å²) in [4.78, 5) is 24.8. The normalized spacial score (nSPS) is 12.0. The molecule has 0 fully saturated rings. The van der Waals surface area contributed by atoms with Crippen LogP contribution < -0.4 is 5.32 Å². The highest BCUT2D eigenvalue weighted by atomic mass is 16.3. The maximum Gasteiger partial charge on any atom is 0.245 e. The molecule has 6 heteroatoms. The van der Waals surface area contributed by atoms with Gasteiger partial charge in [0.15, 0.2) is 0 Å². The quantitative estimate of drug-likeness (QED) is 0.682. The molecule has 0 heterocycles. The van der Waals surface area contributed by atoms with Crippen LogP contribution in [-0.2, 0) is 16.0 Å². The van der Waals surface area contributed by atoms with Crippen molar-refractivity contribution in [1.29, 1.82) is 0 Å². The minimum Gasteiger partial charge on any atom is -0.389 e. The van der Waals surface area contributed by atoms with Crippen LogP contribution >= 0.6 is 0 Å². The van der Waals surface area contributed by atoms with Gasteiger partial charge >= 0.3 is 0 Å². The molecule has 2 amide bonds. The smallest absolute Gasteiger partial charge is 0.245 e. The predicted octanol–water partition coefficient (Wildman–Crippen LogP) is 0.310. The first-order valence-electron chi connectivity index (χ1n) is 7.77. The van der Waals surface area contributed by atoms with Crippen molar-refractivity contribution in [1.82, 2.24) is 10.2 Å². The summed E-state index contributed by atoms with van der Waals surface area (Å²) in [5.41, 5.74) is 0.938. The van der Waals surface area contributed by atoms with Gasteiger partial charge in [-0.3, -0.25) is 9.59 Å². The van der Waals surface area contributed by atoms with Crippen molar-refractivity contribution in [2.75, 3.05) is 26.7 Å². The molecule has 2 aromatic carbocycles. The third-order valence-electron chi connectivity index (χ3n) is 3.81. The molecule has 0 saturated heterocycles. The average Bonchev–Trinajstić information content (AvgIpc) is 2.59. The lowest BCUT2D eigenvalue weighted by Crippen LogP contribution is -2.42. The monoisotopic (exact) mass is 330 g/mol. The maximum absolute atomic E-state index is 12.4. The molecule has 0 aliphatic heterocycles. The standard InChI is InChI=1S/C18H22N2O4/c1-20(11-15(22)10-19-17(23)12-21)18(24)9-14-7-4-6-13-5-2-3-8-16(13)14/h2-8,15,21-22H,9-12H2,1H3,(H,19,23). The van der Waals surface area contributed by atoms with Crippen LogP contribution in [0, 0.1) is 0 Å². The summed E-state index contributed by atoms with van der Waals surface area (Å²) in [6, 6.07) is 13.7. The van der Waals surface area contributed by atoms with Crippen LogP contribution in [0.1, 0.15) is 5.56 Å². The van der Waals surface area contributed by atoms with Crippen LogP contribution in [0.2, 0.25) is 0 Å². The fourth-order valence-electron chi connectivity index (χ4n) is 2.51. The Kier molecular flexibility index (Phi) is 6.28. The lowest BCUT2D eigenvalue weighted by Gasteiger charge is -2.21. The first-order chi connectivity index (χ1) is 11.5. The van der Waals surface area contributed by atoms with E-state index in [1.54, 1.807) is 7.05 Å². The average molecular weight is 330 g/mol. The molecule has 0 bridgehead atoms. The summed E-state index contributed by atoms with van der Waals surface area (Å²) in [5, 5.41) is 23.0. The molecule has 1 unspecified atom stereocenters. The van der Waals surface area contributed by atoms with E-state index in [-0.39, 0.29) is 25.4 Å². The summed E-state index contributed by atoms with van der Waals surface area (Å²) >= 11 is 0. The Labute approximate surface area is 140 Å². The van der Waals surface area contributed by atoms with Crippen LogP contribution in [0.15, 0.2) is 42.5 Å². The van der Waals surface area contributed by atoms with E-state index in [4.69, 9.17) is 5.11 Å². The van der Waals surface area contributed by atoms with E-state index in [1.807, 2.05) is 42.5 Å². The van der Waals surface area contributed by atoms with Crippen molar-refractivity contribution in [2.24, 2.45) is 0 Å². The van der Waals surface area contributed by atoms with Crippen LogP contribution in [0.3, 0.4) is 0 Å². The zero-order valence-corrected chi connectivity index (χ0v) is 13.6. The van der Waals surface area contributed by atoms with Gasteiger partial charge in [-0.15, -0.1) is 0 Å². The largest absolute Gasteiger partial charge is 0.389 e. The second-order valence-electron chi connectivity index (χ2n) is 5.71. The molecule has 1 atom stereocenters. The fraction of sp³-hybridized carbons (Fsp3) is 0.333. The van der Waals surface area contributed by atoms with Crippen molar-refractivity contribution >= 4 is 22.6 Å². The number of carbonyl (C=O) groups is 2. The van der Waals surface area contributed by atoms with Crippen molar-refractivity contribution in [3.63, 3.8) is 0 Å². The number of rotatable bonds is 7. The Morgan fingerprint density at radius 1 is 1.17 bits per heavy atom. The molecule has 0 aliphatic rings. The minimum absolute atomic E-state index is 0.00865. The van der Waals surface area contributed by atoms with Gasteiger partial charge in [0.2, 0.25) is 11.8 Å². The summed E-state index contributed by atoms with van der Waals surface area (Å²) in [6.07, 6.45) is -0.643. The van der Waals surface area contributed by atoms with E-state index in [0.29, 0.717) is 0 Å². The molecular formula is C18H22N2O4. The van der Waals surface area contributed by atoms with Crippen molar-refractivity contribution in [3.8, 4) is 0 Å². The second-order valence-corrected chi connectivity index (χ2v) is 5.71. The molecule has 24 heavy (non-hydrogen) atoms. The van der Waals surface area contributed by atoms with E-state index in [1.165, 1.54) is 4.90 Å². The molecule has 0 spiro atoms. The minimum atomic E-state index is -0.887. The number of likely N-dealkylation sites (N-methyl/N-ethyl adjacent to an activating group) is 1. The SMILES string of the molecule is CN(CC(O)CNC(=O)CO)C(=O)Cc1cccc2ccccc12. The number of amides is 2. The van der Waals surface area contributed by atoms with Gasteiger partial charge in [-0.2, -0.15) is 0 Å². The summed E-state index contributed by atoms with van der Waals surface area (Å²) in [7, 11) is 1.62. The molecule has 3 N–H and O–H groups in total. The number of nitrogens with one attached hydrogen (secondary N) is 1. The van der Waals surface area contributed by atoms with E-state index < -0.39 is 18.6 Å². The second kappa shape index (κ2) is 8.42. The van der Waals surface area contributed by atoms with Gasteiger partial charge in [0.1, 0.15) is 6.61 Å². The lowest BCUT2D eigenvalue weighted by molar-refractivity contribution is -0.130. The van der Waals surface area contributed by atoms with Crippen molar-refractivity contribution in [3.05, 3.63) is 48.0 Å². The van der Waals surface area contributed by atoms with Crippen LogP contribution in [0.4, 0.5) is 0 Å². The number of hydrogen-bond acceptors (Lipinski definition) is 4. The number of hydrogen-bond donors (Lipinski definition) is 3. The highest BCUT2D eigenvalue weighted by Gasteiger charge is 2.15. The number of aliphatic hydroxyl groups excluding tert-OH is 2. The topological polar surface area (TPSA) is 89.9 Å². The van der Waals surface area contributed by atoms with Crippen molar-refractivity contribution in [2.45, 2.75) is 12.5 Å². The number of nitrogens with zero attached hydrogens (tertiary/aromatic N) is 1. The highest BCUT2D eigenvalue weighted by molar-refractivity contribution is 5.90. The van der Waals surface area contributed by atoms with Gasteiger partial charge in [0, 0.05) is 20.1 Å². The fourth-order valence-corrected chi connectivity index (χ4v) is 2.51. The van der Waals surface area contributed by atoms with Crippen LogP contribution in [0.25, 0.3) is 10.8 Å². The van der Waals surface area contributed by atoms with Crippen LogP contribution in [-0.4, -0.2) is 59.8 Å². The first-order valence-corrected chi connectivity index (χ1v) is 7.77. The molecule has 2 rings (SSSR count). The maximum atomic E-state index is 12.4. The highest BCUT2D eigenvalue weighted by Crippen LogP contribution is 2.19. The van der Waals surface area contributed by atoms with Crippen LogP contribution in [0.5, 0.6) is 0 Å².